The fourth-order valence-corrected chi connectivity index (χ4v) is 3.04. The number of quaternary nitrogens is 1. The third-order valence-electron chi connectivity index (χ3n) is 4.33. The highest BCUT2D eigenvalue weighted by atomic mass is 35.5. The van der Waals surface area contributed by atoms with Crippen LogP contribution in [-0.4, -0.2) is 43.4 Å². The van der Waals surface area contributed by atoms with Crippen molar-refractivity contribution in [1.82, 2.24) is 4.90 Å². The summed E-state index contributed by atoms with van der Waals surface area (Å²) in [6, 6.07) is 14.7. The van der Waals surface area contributed by atoms with Crippen LogP contribution in [-0.2, 0) is 11.3 Å². The molecule has 0 heterocycles. The summed E-state index contributed by atoms with van der Waals surface area (Å²) in [4.78, 5) is 27.6. The molecular formula is C21H27ClN3O2+. The van der Waals surface area contributed by atoms with Gasteiger partial charge in [0.2, 0.25) is 0 Å². The fraction of sp³-hybridized carbons (Fsp3) is 0.333. The molecule has 0 fully saturated rings. The quantitative estimate of drug-likeness (QED) is 0.730. The minimum atomic E-state index is -0.0890. The number of amides is 2. The van der Waals surface area contributed by atoms with E-state index in [0.29, 0.717) is 35.9 Å². The van der Waals surface area contributed by atoms with Gasteiger partial charge in [0.25, 0.3) is 11.8 Å². The molecule has 0 aliphatic rings. The number of carbonyl (C=O) groups is 2. The molecule has 0 bridgehead atoms. The first-order valence-corrected chi connectivity index (χ1v) is 9.55. The van der Waals surface area contributed by atoms with E-state index >= 15 is 0 Å². The molecule has 0 saturated carbocycles. The Hall–Kier alpha value is -2.37. The molecule has 1 unspecified atom stereocenters. The highest BCUT2D eigenvalue weighted by molar-refractivity contribution is 6.30. The van der Waals surface area contributed by atoms with Gasteiger partial charge in [0.1, 0.15) is 6.54 Å². The van der Waals surface area contributed by atoms with Crippen LogP contribution < -0.4 is 10.2 Å². The number of carbonyl (C=O) groups excluding carboxylic acids is 2. The minimum Gasteiger partial charge on any atom is -0.339 e. The highest BCUT2D eigenvalue weighted by Gasteiger charge is 2.15. The number of nitrogens with one attached hydrogen (secondary N) is 2. The topological polar surface area (TPSA) is 53.9 Å². The maximum Gasteiger partial charge on any atom is 0.279 e. The highest BCUT2D eigenvalue weighted by Crippen LogP contribution is 2.13. The van der Waals surface area contributed by atoms with E-state index in [4.69, 9.17) is 11.6 Å². The maximum absolute atomic E-state index is 12.4. The largest absolute Gasteiger partial charge is 0.339 e. The normalized spacial score (nSPS) is 11.7. The number of benzene rings is 2. The molecule has 5 nitrogen and oxygen atoms in total. The monoisotopic (exact) mass is 388 g/mol. The molecule has 2 amide bonds. The van der Waals surface area contributed by atoms with Crippen LogP contribution in [0, 0.1) is 0 Å². The number of rotatable bonds is 8. The zero-order chi connectivity index (χ0) is 19.8. The molecule has 2 rings (SSSR count). The van der Waals surface area contributed by atoms with Crippen molar-refractivity contribution in [3.63, 3.8) is 0 Å². The summed E-state index contributed by atoms with van der Waals surface area (Å²) in [6.45, 7) is 6.27. The number of anilines is 1. The third kappa shape index (κ3) is 6.38. The van der Waals surface area contributed by atoms with Gasteiger partial charge in [0.05, 0.1) is 7.05 Å². The summed E-state index contributed by atoms with van der Waals surface area (Å²) in [7, 11) is 1.97. The van der Waals surface area contributed by atoms with E-state index in [1.54, 1.807) is 29.2 Å². The van der Waals surface area contributed by atoms with Crippen LogP contribution in [0.1, 0.15) is 29.8 Å². The van der Waals surface area contributed by atoms with Crippen LogP contribution in [0.15, 0.2) is 48.5 Å². The van der Waals surface area contributed by atoms with Crippen molar-refractivity contribution in [3.05, 3.63) is 64.7 Å². The van der Waals surface area contributed by atoms with Gasteiger partial charge in [-0.25, -0.2) is 0 Å². The van der Waals surface area contributed by atoms with E-state index in [1.165, 1.54) is 0 Å². The summed E-state index contributed by atoms with van der Waals surface area (Å²) >= 11 is 5.90. The number of halogens is 1. The third-order valence-corrected chi connectivity index (χ3v) is 4.58. The summed E-state index contributed by atoms with van der Waals surface area (Å²) in [5.41, 5.74) is 2.34. The van der Waals surface area contributed by atoms with E-state index in [0.717, 1.165) is 17.0 Å². The van der Waals surface area contributed by atoms with Crippen LogP contribution in [0.2, 0.25) is 5.02 Å². The van der Waals surface area contributed by atoms with Gasteiger partial charge in [-0.3, -0.25) is 9.59 Å². The van der Waals surface area contributed by atoms with Crippen LogP contribution in [0.5, 0.6) is 0 Å². The SMILES string of the molecule is CCN(CC)C(=O)c1cccc(NC(=O)C[NH+](C)Cc2ccc(Cl)cc2)c1. The molecule has 0 spiro atoms. The Kier molecular flexibility index (Phi) is 7.82. The second kappa shape index (κ2) is 10.1. The van der Waals surface area contributed by atoms with E-state index in [2.05, 4.69) is 5.32 Å². The number of hydrogen-bond donors (Lipinski definition) is 2. The molecular weight excluding hydrogens is 362 g/mol. The van der Waals surface area contributed by atoms with Crippen LogP contribution >= 0.6 is 11.6 Å². The van der Waals surface area contributed by atoms with E-state index < -0.39 is 0 Å². The first-order valence-electron chi connectivity index (χ1n) is 9.17. The van der Waals surface area contributed by atoms with Gasteiger partial charge in [-0.1, -0.05) is 29.8 Å². The van der Waals surface area contributed by atoms with Gasteiger partial charge in [-0.15, -0.1) is 0 Å². The molecule has 0 radical (unpaired) electrons. The van der Waals surface area contributed by atoms with Crippen LogP contribution in [0.25, 0.3) is 0 Å². The van der Waals surface area contributed by atoms with E-state index in [1.807, 2.05) is 45.2 Å². The van der Waals surface area contributed by atoms with E-state index in [-0.39, 0.29) is 11.8 Å². The molecule has 27 heavy (non-hydrogen) atoms. The molecule has 6 heteroatoms. The lowest BCUT2D eigenvalue weighted by molar-refractivity contribution is -0.885. The second-order valence-electron chi connectivity index (χ2n) is 6.54. The van der Waals surface area contributed by atoms with Crippen molar-refractivity contribution in [3.8, 4) is 0 Å². The zero-order valence-corrected chi connectivity index (χ0v) is 16.8. The number of likely N-dealkylation sites (N-methyl/N-ethyl adjacent to an activating group) is 1. The maximum atomic E-state index is 12.4. The zero-order valence-electron chi connectivity index (χ0n) is 16.1. The average Bonchev–Trinajstić information content (AvgIpc) is 2.64. The van der Waals surface area contributed by atoms with Crippen molar-refractivity contribution in [1.29, 1.82) is 0 Å². The minimum absolute atomic E-state index is 0.0263. The lowest BCUT2D eigenvalue weighted by Gasteiger charge is -2.19. The smallest absolute Gasteiger partial charge is 0.279 e. The van der Waals surface area contributed by atoms with Crippen molar-refractivity contribution in [2.24, 2.45) is 0 Å². The predicted octanol–water partition coefficient (Wildman–Crippen LogP) is 2.48. The Morgan fingerprint density at radius 1 is 1.07 bits per heavy atom. The van der Waals surface area contributed by atoms with Gasteiger partial charge in [0, 0.05) is 34.9 Å². The van der Waals surface area contributed by atoms with Crippen molar-refractivity contribution in [2.45, 2.75) is 20.4 Å². The molecule has 2 aromatic carbocycles. The first-order chi connectivity index (χ1) is 12.9. The molecule has 2 aromatic rings. The standard InChI is InChI=1S/C21H26ClN3O2/c1-4-25(5-2)21(27)17-7-6-8-19(13-17)23-20(26)15-24(3)14-16-9-11-18(22)12-10-16/h6-13H,4-5,14-15H2,1-3H3,(H,23,26)/p+1. The Labute approximate surface area is 165 Å². The summed E-state index contributed by atoms with van der Waals surface area (Å²) in [5, 5.41) is 3.59. The average molecular weight is 389 g/mol. The van der Waals surface area contributed by atoms with Crippen molar-refractivity contribution >= 4 is 29.1 Å². The fourth-order valence-electron chi connectivity index (χ4n) is 2.92. The van der Waals surface area contributed by atoms with Crippen LogP contribution in [0.4, 0.5) is 5.69 Å². The lowest BCUT2D eigenvalue weighted by Crippen LogP contribution is -3.08. The van der Waals surface area contributed by atoms with Crippen molar-refractivity contribution < 1.29 is 14.5 Å². The lowest BCUT2D eigenvalue weighted by atomic mass is 10.1. The predicted molar refractivity (Wildman–Crippen MR) is 109 cm³/mol. The summed E-state index contributed by atoms with van der Waals surface area (Å²) in [6.07, 6.45) is 0. The number of hydrogen-bond acceptors (Lipinski definition) is 2. The molecule has 144 valence electrons. The van der Waals surface area contributed by atoms with E-state index in [9.17, 15) is 9.59 Å². The first kappa shape index (κ1) is 20.9. The van der Waals surface area contributed by atoms with Crippen LogP contribution in [0.3, 0.4) is 0 Å². The molecule has 0 aliphatic carbocycles. The molecule has 0 aliphatic heterocycles. The van der Waals surface area contributed by atoms with Gasteiger partial charge in [0.15, 0.2) is 6.54 Å². The molecule has 0 aromatic heterocycles. The van der Waals surface area contributed by atoms with Gasteiger partial charge in [-0.2, -0.15) is 0 Å². The molecule has 2 N–H and O–H groups in total. The summed E-state index contributed by atoms with van der Waals surface area (Å²) in [5.74, 6) is -0.115. The Balaban J connectivity index is 1.94. The Bertz CT molecular complexity index is 773. The van der Waals surface area contributed by atoms with Gasteiger partial charge >= 0.3 is 0 Å². The summed E-state index contributed by atoms with van der Waals surface area (Å²) < 4.78 is 0. The Morgan fingerprint density at radius 3 is 2.37 bits per heavy atom. The van der Waals surface area contributed by atoms with Crippen molar-refractivity contribution in [2.75, 3.05) is 32.0 Å². The number of nitrogens with zero attached hydrogens (tertiary/aromatic N) is 1. The van der Waals surface area contributed by atoms with Gasteiger partial charge in [-0.05, 0) is 44.2 Å². The molecule has 1 atom stereocenters. The molecule has 0 saturated heterocycles. The second-order valence-corrected chi connectivity index (χ2v) is 6.98. The Morgan fingerprint density at radius 2 is 1.74 bits per heavy atom. The van der Waals surface area contributed by atoms with Gasteiger partial charge < -0.3 is 15.1 Å².